The summed E-state index contributed by atoms with van der Waals surface area (Å²) >= 11 is 4.76. The molecule has 0 saturated carbocycles. The molecule has 3 N–H and O–H groups in total. The van der Waals surface area contributed by atoms with Crippen LogP contribution in [0.2, 0.25) is 0 Å². The van der Waals surface area contributed by atoms with E-state index in [0.717, 1.165) is 6.42 Å². The lowest BCUT2D eigenvalue weighted by atomic mass is 10.0. The summed E-state index contributed by atoms with van der Waals surface area (Å²) in [6.45, 7) is 5.15. The SMILES string of the molecule is CC(C)Cc1cccc(CNC(N)=S)c1. The molecule has 1 aromatic carbocycles. The number of nitrogens with two attached hydrogens (primary N) is 1. The van der Waals surface area contributed by atoms with E-state index in [9.17, 15) is 0 Å². The van der Waals surface area contributed by atoms with E-state index >= 15 is 0 Å². The van der Waals surface area contributed by atoms with Crippen molar-refractivity contribution in [3.63, 3.8) is 0 Å². The van der Waals surface area contributed by atoms with Crippen LogP contribution in [0.5, 0.6) is 0 Å². The summed E-state index contributed by atoms with van der Waals surface area (Å²) in [5.74, 6) is 0.684. The highest BCUT2D eigenvalue weighted by atomic mass is 32.1. The van der Waals surface area contributed by atoms with Crippen molar-refractivity contribution in [2.45, 2.75) is 26.8 Å². The van der Waals surface area contributed by atoms with Crippen LogP contribution >= 0.6 is 12.2 Å². The summed E-state index contributed by atoms with van der Waals surface area (Å²) in [6, 6.07) is 8.51. The van der Waals surface area contributed by atoms with E-state index in [-0.39, 0.29) is 0 Å². The average Bonchev–Trinajstić information content (AvgIpc) is 2.14. The minimum Gasteiger partial charge on any atom is -0.376 e. The topological polar surface area (TPSA) is 38.0 Å². The zero-order valence-electron chi connectivity index (χ0n) is 9.29. The van der Waals surface area contributed by atoms with Crippen LogP contribution in [-0.2, 0) is 13.0 Å². The molecule has 0 aromatic heterocycles. The van der Waals surface area contributed by atoms with Gasteiger partial charge in [-0.15, -0.1) is 0 Å². The van der Waals surface area contributed by atoms with E-state index in [4.69, 9.17) is 18.0 Å². The standard InChI is InChI=1S/C12H18N2S/c1-9(2)6-10-4-3-5-11(7-10)8-14-12(13)15/h3-5,7,9H,6,8H2,1-2H3,(H3,13,14,15). The number of hydrogen-bond acceptors (Lipinski definition) is 1. The van der Waals surface area contributed by atoms with Gasteiger partial charge in [0.2, 0.25) is 0 Å². The van der Waals surface area contributed by atoms with Crippen LogP contribution in [0.4, 0.5) is 0 Å². The van der Waals surface area contributed by atoms with Gasteiger partial charge in [0, 0.05) is 6.54 Å². The Morgan fingerprint density at radius 1 is 1.40 bits per heavy atom. The van der Waals surface area contributed by atoms with Crippen LogP contribution in [0.3, 0.4) is 0 Å². The third kappa shape index (κ3) is 4.79. The largest absolute Gasteiger partial charge is 0.376 e. The number of hydrogen-bond donors (Lipinski definition) is 2. The molecule has 3 heteroatoms. The highest BCUT2D eigenvalue weighted by Crippen LogP contribution is 2.10. The summed E-state index contributed by atoms with van der Waals surface area (Å²) < 4.78 is 0. The van der Waals surface area contributed by atoms with Crippen molar-refractivity contribution in [3.05, 3.63) is 35.4 Å². The Balaban J connectivity index is 2.61. The maximum Gasteiger partial charge on any atom is 0.163 e. The lowest BCUT2D eigenvalue weighted by molar-refractivity contribution is 0.646. The van der Waals surface area contributed by atoms with Crippen LogP contribution < -0.4 is 11.1 Å². The minimum absolute atomic E-state index is 0.351. The van der Waals surface area contributed by atoms with Crippen LogP contribution in [0.15, 0.2) is 24.3 Å². The van der Waals surface area contributed by atoms with Crippen molar-refractivity contribution in [1.82, 2.24) is 5.32 Å². The van der Waals surface area contributed by atoms with Crippen LogP contribution in [0.25, 0.3) is 0 Å². The van der Waals surface area contributed by atoms with Crippen LogP contribution in [-0.4, -0.2) is 5.11 Å². The Morgan fingerprint density at radius 3 is 2.67 bits per heavy atom. The van der Waals surface area contributed by atoms with Gasteiger partial charge in [-0.25, -0.2) is 0 Å². The number of benzene rings is 1. The van der Waals surface area contributed by atoms with Gasteiger partial charge in [-0.2, -0.15) is 0 Å². The monoisotopic (exact) mass is 222 g/mol. The fourth-order valence-electron chi connectivity index (χ4n) is 1.53. The fraction of sp³-hybridized carbons (Fsp3) is 0.417. The molecule has 0 radical (unpaired) electrons. The molecule has 2 nitrogen and oxygen atoms in total. The predicted octanol–water partition coefficient (Wildman–Crippen LogP) is 2.22. The van der Waals surface area contributed by atoms with Gasteiger partial charge in [0.1, 0.15) is 0 Å². The Morgan fingerprint density at radius 2 is 2.07 bits per heavy atom. The minimum atomic E-state index is 0.351. The van der Waals surface area contributed by atoms with Gasteiger partial charge in [0.25, 0.3) is 0 Å². The van der Waals surface area contributed by atoms with Crippen molar-refractivity contribution in [2.75, 3.05) is 0 Å². The third-order valence-electron chi connectivity index (χ3n) is 2.10. The van der Waals surface area contributed by atoms with Crippen molar-refractivity contribution < 1.29 is 0 Å². The van der Waals surface area contributed by atoms with Crippen LogP contribution in [0, 0.1) is 5.92 Å². The molecule has 82 valence electrons. The zero-order chi connectivity index (χ0) is 11.3. The van der Waals surface area contributed by atoms with Gasteiger partial charge in [0.05, 0.1) is 0 Å². The molecule has 0 amide bonds. The molecule has 0 aliphatic rings. The van der Waals surface area contributed by atoms with Crippen molar-refractivity contribution in [3.8, 4) is 0 Å². The van der Waals surface area contributed by atoms with E-state index in [0.29, 0.717) is 17.6 Å². The Labute approximate surface area is 96.9 Å². The number of thiocarbonyl (C=S) groups is 1. The van der Waals surface area contributed by atoms with Crippen molar-refractivity contribution in [2.24, 2.45) is 11.7 Å². The number of nitrogens with one attached hydrogen (secondary N) is 1. The first-order chi connectivity index (χ1) is 7.08. The smallest absolute Gasteiger partial charge is 0.163 e. The summed E-state index contributed by atoms with van der Waals surface area (Å²) in [5, 5.41) is 3.30. The summed E-state index contributed by atoms with van der Waals surface area (Å²) in [7, 11) is 0. The third-order valence-corrected chi connectivity index (χ3v) is 2.25. The van der Waals surface area contributed by atoms with Crippen molar-refractivity contribution in [1.29, 1.82) is 0 Å². The number of rotatable bonds is 4. The average molecular weight is 222 g/mol. The second-order valence-corrected chi connectivity index (χ2v) is 4.58. The highest BCUT2D eigenvalue weighted by molar-refractivity contribution is 7.80. The molecule has 0 spiro atoms. The molecular weight excluding hydrogens is 204 g/mol. The van der Waals surface area contributed by atoms with E-state index in [2.05, 4.69) is 43.4 Å². The van der Waals surface area contributed by atoms with Gasteiger partial charge in [-0.3, -0.25) is 0 Å². The maximum absolute atomic E-state index is 5.38. The van der Waals surface area contributed by atoms with Gasteiger partial charge >= 0.3 is 0 Å². The fourth-order valence-corrected chi connectivity index (χ4v) is 1.60. The van der Waals surface area contributed by atoms with Gasteiger partial charge in [0.15, 0.2) is 5.11 Å². The van der Waals surface area contributed by atoms with Gasteiger partial charge in [-0.1, -0.05) is 38.1 Å². The zero-order valence-corrected chi connectivity index (χ0v) is 10.1. The van der Waals surface area contributed by atoms with Gasteiger partial charge in [-0.05, 0) is 35.7 Å². The maximum atomic E-state index is 5.38. The first-order valence-corrected chi connectivity index (χ1v) is 5.60. The normalized spacial score (nSPS) is 10.3. The molecule has 0 aliphatic carbocycles. The molecule has 0 bridgehead atoms. The molecule has 1 aromatic rings. The first-order valence-electron chi connectivity index (χ1n) is 5.19. The molecule has 0 fully saturated rings. The highest BCUT2D eigenvalue weighted by Gasteiger charge is 1.99. The summed E-state index contributed by atoms with van der Waals surface area (Å²) in [6.07, 6.45) is 1.11. The van der Waals surface area contributed by atoms with Crippen molar-refractivity contribution >= 4 is 17.3 Å². The Kier molecular flexibility index (Phi) is 4.56. The van der Waals surface area contributed by atoms with Crippen LogP contribution in [0.1, 0.15) is 25.0 Å². The molecule has 0 saturated heterocycles. The quantitative estimate of drug-likeness (QED) is 0.767. The molecule has 0 unspecified atom stereocenters. The molecule has 15 heavy (non-hydrogen) atoms. The molecule has 0 aliphatic heterocycles. The molecule has 1 rings (SSSR count). The van der Waals surface area contributed by atoms with E-state index < -0.39 is 0 Å². The van der Waals surface area contributed by atoms with E-state index in [1.165, 1.54) is 11.1 Å². The lowest BCUT2D eigenvalue weighted by Gasteiger charge is -2.08. The Hall–Kier alpha value is -1.09. The molecule has 0 heterocycles. The van der Waals surface area contributed by atoms with E-state index in [1.807, 2.05) is 0 Å². The lowest BCUT2D eigenvalue weighted by Crippen LogP contribution is -2.28. The summed E-state index contributed by atoms with van der Waals surface area (Å²) in [5.41, 5.74) is 7.97. The van der Waals surface area contributed by atoms with Gasteiger partial charge < -0.3 is 11.1 Å². The second kappa shape index (κ2) is 5.71. The predicted molar refractivity (Wildman–Crippen MR) is 68.6 cm³/mol. The van der Waals surface area contributed by atoms with E-state index in [1.54, 1.807) is 0 Å². The second-order valence-electron chi connectivity index (χ2n) is 4.14. The summed E-state index contributed by atoms with van der Waals surface area (Å²) in [4.78, 5) is 0. The Bertz CT molecular complexity index is 334. The first kappa shape index (κ1) is 12.0. The molecule has 0 atom stereocenters. The molecular formula is C12H18N2S.